The number of hydrogen-bond acceptors (Lipinski definition) is 6. The van der Waals surface area contributed by atoms with Crippen LogP contribution in [0.2, 0.25) is 0 Å². The molecule has 0 aliphatic rings. The van der Waals surface area contributed by atoms with E-state index in [1.807, 2.05) is 17.5 Å². The Balaban J connectivity index is 0.00000288. The van der Waals surface area contributed by atoms with Crippen molar-refractivity contribution < 1.29 is 13.2 Å². The normalized spacial score (nSPS) is 11.8. The Hall–Kier alpha value is -0.970. The molecule has 0 unspecified atom stereocenters. The maximum absolute atomic E-state index is 12.4. The van der Waals surface area contributed by atoms with Gasteiger partial charge < -0.3 is 11.1 Å². The second kappa shape index (κ2) is 8.41. The van der Waals surface area contributed by atoms with Crippen LogP contribution in [0.5, 0.6) is 0 Å². The van der Waals surface area contributed by atoms with Crippen LogP contribution in [0.15, 0.2) is 33.9 Å². The van der Waals surface area contributed by atoms with E-state index in [9.17, 15) is 13.2 Å². The summed E-state index contributed by atoms with van der Waals surface area (Å²) in [6.45, 7) is 4.02. The molecule has 0 aliphatic heterocycles. The van der Waals surface area contributed by atoms with Gasteiger partial charge in [-0.05, 0) is 36.7 Å². The van der Waals surface area contributed by atoms with E-state index in [1.165, 1.54) is 17.4 Å². The van der Waals surface area contributed by atoms with Crippen molar-refractivity contribution >= 4 is 51.0 Å². The average Bonchev–Trinajstić information content (AvgIpc) is 3.12. The van der Waals surface area contributed by atoms with E-state index in [0.29, 0.717) is 0 Å². The molecule has 1 amide bonds. The smallest absolute Gasteiger partial charge is 0.262 e. The number of nitrogens with two attached hydrogens (primary N) is 1. The van der Waals surface area contributed by atoms with Crippen molar-refractivity contribution in [1.82, 2.24) is 10.0 Å². The van der Waals surface area contributed by atoms with Gasteiger partial charge in [-0.2, -0.15) is 0 Å². The highest BCUT2D eigenvalue weighted by Crippen LogP contribution is 2.22. The Bertz CT molecular complexity index is 765. The number of nitrogens with one attached hydrogen (secondary N) is 2. The molecule has 6 nitrogen and oxygen atoms in total. The molecule has 0 spiro atoms. The fourth-order valence-corrected chi connectivity index (χ4v) is 4.80. The molecule has 134 valence electrons. The molecule has 10 heteroatoms. The maximum atomic E-state index is 12.4. The van der Waals surface area contributed by atoms with E-state index in [-0.39, 0.29) is 35.3 Å². The summed E-state index contributed by atoms with van der Waals surface area (Å²) in [5.74, 6) is -0.435. The van der Waals surface area contributed by atoms with Gasteiger partial charge in [0.15, 0.2) is 0 Å². The van der Waals surface area contributed by atoms with E-state index in [4.69, 9.17) is 5.73 Å². The average molecular weight is 410 g/mol. The third-order valence-electron chi connectivity index (χ3n) is 2.85. The first kappa shape index (κ1) is 21.1. The van der Waals surface area contributed by atoms with Gasteiger partial charge in [0, 0.05) is 23.5 Å². The molecule has 24 heavy (non-hydrogen) atoms. The molecule has 0 saturated carbocycles. The number of hydrogen-bond donors (Lipinski definition) is 3. The Kier molecular flexibility index (Phi) is 7.39. The highest BCUT2D eigenvalue weighted by molar-refractivity contribution is 7.89. The lowest BCUT2D eigenvalue weighted by molar-refractivity contribution is 0.0947. The van der Waals surface area contributed by atoms with Crippen molar-refractivity contribution in [2.24, 2.45) is 5.73 Å². The number of carbonyl (C=O) groups excluding carboxylic acids is 1. The van der Waals surface area contributed by atoms with Gasteiger partial charge in [0.2, 0.25) is 10.0 Å². The highest BCUT2D eigenvalue weighted by atomic mass is 35.5. The second-order valence-corrected chi connectivity index (χ2v) is 9.37. The molecule has 0 aliphatic carbocycles. The summed E-state index contributed by atoms with van der Waals surface area (Å²) in [6, 6.07) is 5.13. The molecular weight excluding hydrogens is 390 g/mol. The Labute approximate surface area is 155 Å². The Morgan fingerprint density at radius 2 is 1.96 bits per heavy atom. The molecule has 4 N–H and O–H groups in total. The minimum atomic E-state index is -3.75. The summed E-state index contributed by atoms with van der Waals surface area (Å²) < 4.78 is 27.3. The van der Waals surface area contributed by atoms with Gasteiger partial charge in [-0.25, -0.2) is 13.1 Å². The molecular formula is C14H20ClN3O3S3. The molecule has 0 aromatic carbocycles. The molecule has 2 aromatic heterocycles. The fourth-order valence-electron chi connectivity index (χ4n) is 1.72. The van der Waals surface area contributed by atoms with Gasteiger partial charge in [-0.1, -0.05) is 6.07 Å². The third-order valence-corrected chi connectivity index (χ3v) is 6.21. The molecule has 2 rings (SSSR count). The van der Waals surface area contributed by atoms with E-state index >= 15 is 0 Å². The molecule has 0 atom stereocenters. The van der Waals surface area contributed by atoms with Crippen molar-refractivity contribution in [3.63, 3.8) is 0 Å². The van der Waals surface area contributed by atoms with Gasteiger partial charge in [-0.15, -0.1) is 35.1 Å². The SMILES string of the molecule is CC(C)(N)CNC(=O)c1sccc1S(=O)(=O)NCc1cccs1.Cl. The molecule has 2 aromatic rings. The van der Waals surface area contributed by atoms with Gasteiger partial charge >= 0.3 is 0 Å². The largest absolute Gasteiger partial charge is 0.349 e. The van der Waals surface area contributed by atoms with Crippen molar-refractivity contribution in [3.05, 3.63) is 38.7 Å². The van der Waals surface area contributed by atoms with E-state index in [1.54, 1.807) is 19.2 Å². The third kappa shape index (κ3) is 5.83. The maximum Gasteiger partial charge on any atom is 0.262 e. The summed E-state index contributed by atoms with van der Waals surface area (Å²) in [6.07, 6.45) is 0. The monoisotopic (exact) mass is 409 g/mol. The minimum Gasteiger partial charge on any atom is -0.349 e. The molecule has 2 heterocycles. The number of sulfonamides is 1. The van der Waals surface area contributed by atoms with Crippen molar-refractivity contribution in [3.8, 4) is 0 Å². The molecule has 0 fully saturated rings. The van der Waals surface area contributed by atoms with Gasteiger partial charge in [0.05, 0.1) is 0 Å². The fraction of sp³-hybridized carbons (Fsp3) is 0.357. The van der Waals surface area contributed by atoms with Crippen molar-refractivity contribution in [2.75, 3.05) is 6.54 Å². The standard InChI is InChI=1S/C14H19N3O3S3.ClH/c1-14(2,15)9-16-13(18)12-11(5-7-22-12)23(19,20)17-8-10-4-3-6-21-10;/h3-7,17H,8-9,15H2,1-2H3,(H,16,18);1H. The lowest BCUT2D eigenvalue weighted by Crippen LogP contribution is -2.45. The summed E-state index contributed by atoms with van der Waals surface area (Å²) in [5, 5.41) is 6.13. The second-order valence-electron chi connectivity index (χ2n) is 5.69. The summed E-state index contributed by atoms with van der Waals surface area (Å²) in [5.41, 5.74) is 5.26. The first-order valence-electron chi connectivity index (χ1n) is 6.86. The van der Waals surface area contributed by atoms with Crippen LogP contribution >= 0.6 is 35.1 Å². The summed E-state index contributed by atoms with van der Waals surface area (Å²) in [7, 11) is -3.75. The lowest BCUT2D eigenvalue weighted by atomic mass is 10.1. The summed E-state index contributed by atoms with van der Waals surface area (Å²) >= 11 is 2.55. The van der Waals surface area contributed by atoms with Crippen LogP contribution in [0, 0.1) is 0 Å². The van der Waals surface area contributed by atoms with Crippen LogP contribution in [0.25, 0.3) is 0 Å². The zero-order chi connectivity index (χ0) is 17.1. The van der Waals surface area contributed by atoms with Crippen LogP contribution in [0.3, 0.4) is 0 Å². The minimum absolute atomic E-state index is 0. The van der Waals surface area contributed by atoms with E-state index in [0.717, 1.165) is 16.2 Å². The zero-order valence-electron chi connectivity index (χ0n) is 13.2. The highest BCUT2D eigenvalue weighted by Gasteiger charge is 2.24. The number of rotatable bonds is 7. The van der Waals surface area contributed by atoms with E-state index < -0.39 is 21.5 Å². The van der Waals surface area contributed by atoms with Crippen LogP contribution in [0.4, 0.5) is 0 Å². The first-order chi connectivity index (χ1) is 10.7. The molecule has 0 bridgehead atoms. The number of amides is 1. The quantitative estimate of drug-likeness (QED) is 0.652. The number of carbonyl (C=O) groups is 1. The van der Waals surface area contributed by atoms with Crippen molar-refractivity contribution in [2.45, 2.75) is 30.8 Å². The van der Waals surface area contributed by atoms with E-state index in [2.05, 4.69) is 10.0 Å². The lowest BCUT2D eigenvalue weighted by Gasteiger charge is -2.18. The van der Waals surface area contributed by atoms with Crippen LogP contribution in [-0.4, -0.2) is 26.4 Å². The van der Waals surface area contributed by atoms with Crippen molar-refractivity contribution in [1.29, 1.82) is 0 Å². The van der Waals surface area contributed by atoms with Crippen LogP contribution < -0.4 is 15.8 Å². The van der Waals surface area contributed by atoms with Gasteiger partial charge in [0.1, 0.15) is 9.77 Å². The number of halogens is 1. The summed E-state index contributed by atoms with van der Waals surface area (Å²) in [4.78, 5) is 13.3. The topological polar surface area (TPSA) is 101 Å². The molecule has 0 radical (unpaired) electrons. The number of thiophene rings is 2. The van der Waals surface area contributed by atoms with Crippen LogP contribution in [-0.2, 0) is 16.6 Å². The predicted molar refractivity (Wildman–Crippen MR) is 101 cm³/mol. The van der Waals surface area contributed by atoms with Crippen LogP contribution in [0.1, 0.15) is 28.4 Å². The molecule has 0 saturated heterocycles. The first-order valence-corrected chi connectivity index (χ1v) is 10.1. The van der Waals surface area contributed by atoms with Gasteiger partial charge in [0.25, 0.3) is 5.91 Å². The Morgan fingerprint density at radius 3 is 2.54 bits per heavy atom. The predicted octanol–water partition coefficient (Wildman–Crippen LogP) is 2.18. The Morgan fingerprint density at radius 1 is 1.25 bits per heavy atom. The zero-order valence-corrected chi connectivity index (χ0v) is 16.5. The van der Waals surface area contributed by atoms with Gasteiger partial charge in [-0.3, -0.25) is 4.79 Å².